The first-order chi connectivity index (χ1) is 6.06. The highest BCUT2D eigenvalue weighted by Gasteiger charge is 2.19. The first kappa shape index (κ1) is 10.3. The average molecular weight is 255 g/mol. The maximum absolute atomic E-state index is 12.9. The lowest BCUT2D eigenvalue weighted by atomic mass is 10.1. The van der Waals surface area contributed by atoms with E-state index >= 15 is 0 Å². The molecule has 13 heavy (non-hydrogen) atoms. The molecule has 0 fully saturated rings. The SMILES string of the molecule is Nc1cc(CBr)c(C(F)F)c(F)n1. The number of halogens is 4. The van der Waals surface area contributed by atoms with Crippen molar-refractivity contribution in [1.29, 1.82) is 0 Å². The second-order valence-electron chi connectivity index (χ2n) is 2.35. The molecule has 0 aliphatic heterocycles. The highest BCUT2D eigenvalue weighted by Crippen LogP contribution is 2.27. The topological polar surface area (TPSA) is 38.9 Å². The number of alkyl halides is 3. The number of nitrogen functional groups attached to an aromatic ring is 1. The Hall–Kier alpha value is -0.780. The fraction of sp³-hybridized carbons (Fsp3) is 0.286. The first-order valence-corrected chi connectivity index (χ1v) is 4.47. The van der Waals surface area contributed by atoms with Crippen molar-refractivity contribution in [3.63, 3.8) is 0 Å². The minimum Gasteiger partial charge on any atom is -0.384 e. The second kappa shape index (κ2) is 3.95. The number of aromatic nitrogens is 1. The van der Waals surface area contributed by atoms with E-state index in [-0.39, 0.29) is 16.7 Å². The van der Waals surface area contributed by atoms with Crippen molar-refractivity contribution in [3.8, 4) is 0 Å². The van der Waals surface area contributed by atoms with Gasteiger partial charge in [-0.2, -0.15) is 4.39 Å². The van der Waals surface area contributed by atoms with Gasteiger partial charge in [0, 0.05) is 5.33 Å². The van der Waals surface area contributed by atoms with Gasteiger partial charge >= 0.3 is 0 Å². The Bertz CT molecular complexity index is 317. The Morgan fingerprint density at radius 2 is 2.15 bits per heavy atom. The van der Waals surface area contributed by atoms with Crippen LogP contribution in [0, 0.1) is 5.95 Å². The van der Waals surface area contributed by atoms with Crippen LogP contribution in [-0.2, 0) is 5.33 Å². The summed E-state index contributed by atoms with van der Waals surface area (Å²) in [5.74, 6) is -1.30. The molecule has 2 N–H and O–H groups in total. The second-order valence-corrected chi connectivity index (χ2v) is 2.91. The molecule has 0 saturated heterocycles. The lowest BCUT2D eigenvalue weighted by Crippen LogP contribution is -2.03. The zero-order chi connectivity index (χ0) is 10.0. The summed E-state index contributed by atoms with van der Waals surface area (Å²) in [6, 6.07) is 1.22. The molecule has 1 heterocycles. The first-order valence-electron chi connectivity index (χ1n) is 3.35. The molecule has 1 rings (SSSR count). The summed E-state index contributed by atoms with van der Waals surface area (Å²) in [5, 5.41) is 0.121. The number of hydrogen-bond donors (Lipinski definition) is 1. The molecule has 0 spiro atoms. The van der Waals surface area contributed by atoms with E-state index in [1.165, 1.54) is 6.07 Å². The van der Waals surface area contributed by atoms with E-state index in [2.05, 4.69) is 20.9 Å². The number of anilines is 1. The molecular formula is C7H6BrF3N2. The van der Waals surface area contributed by atoms with Crippen LogP contribution in [0.3, 0.4) is 0 Å². The summed E-state index contributed by atoms with van der Waals surface area (Å²) < 4.78 is 37.4. The van der Waals surface area contributed by atoms with E-state index in [1.807, 2.05) is 0 Å². The van der Waals surface area contributed by atoms with Gasteiger partial charge in [0.05, 0.1) is 5.56 Å². The molecule has 1 aromatic heterocycles. The Balaban J connectivity index is 3.30. The minimum absolute atomic E-state index is 0.101. The third-order valence-corrected chi connectivity index (χ3v) is 2.08. The quantitative estimate of drug-likeness (QED) is 0.651. The average Bonchev–Trinajstić information content (AvgIpc) is 2.01. The molecule has 0 saturated carbocycles. The zero-order valence-electron chi connectivity index (χ0n) is 6.40. The molecule has 0 aliphatic carbocycles. The summed E-state index contributed by atoms with van der Waals surface area (Å²) in [5.41, 5.74) is 4.62. The van der Waals surface area contributed by atoms with Crippen LogP contribution in [0.1, 0.15) is 17.6 Å². The van der Waals surface area contributed by atoms with Gasteiger partial charge < -0.3 is 5.73 Å². The van der Waals surface area contributed by atoms with E-state index in [9.17, 15) is 13.2 Å². The van der Waals surface area contributed by atoms with Crippen molar-refractivity contribution in [2.24, 2.45) is 0 Å². The summed E-state index contributed by atoms with van der Waals surface area (Å²) in [6.07, 6.45) is -2.87. The minimum atomic E-state index is -2.87. The predicted molar refractivity (Wildman–Crippen MR) is 46.2 cm³/mol. The van der Waals surface area contributed by atoms with Crippen LogP contribution in [0.4, 0.5) is 19.0 Å². The normalized spacial score (nSPS) is 10.8. The van der Waals surface area contributed by atoms with Crippen LogP contribution in [0.5, 0.6) is 0 Å². The van der Waals surface area contributed by atoms with Gasteiger partial charge in [-0.1, -0.05) is 15.9 Å². The van der Waals surface area contributed by atoms with Gasteiger partial charge in [0.15, 0.2) is 0 Å². The van der Waals surface area contributed by atoms with Gasteiger partial charge in [-0.05, 0) is 11.6 Å². The Morgan fingerprint density at radius 3 is 2.62 bits per heavy atom. The van der Waals surface area contributed by atoms with Gasteiger partial charge in [-0.3, -0.25) is 0 Å². The van der Waals surface area contributed by atoms with Crippen LogP contribution in [0.15, 0.2) is 6.07 Å². The fourth-order valence-corrected chi connectivity index (χ4v) is 1.40. The third kappa shape index (κ3) is 2.12. The van der Waals surface area contributed by atoms with Crippen LogP contribution in [0.2, 0.25) is 0 Å². The monoisotopic (exact) mass is 254 g/mol. The summed E-state index contributed by atoms with van der Waals surface area (Å²) in [6.45, 7) is 0. The van der Waals surface area contributed by atoms with Crippen molar-refractivity contribution in [3.05, 3.63) is 23.1 Å². The van der Waals surface area contributed by atoms with Crippen LogP contribution in [0.25, 0.3) is 0 Å². The van der Waals surface area contributed by atoms with E-state index < -0.39 is 17.9 Å². The molecule has 6 heteroatoms. The van der Waals surface area contributed by atoms with Gasteiger partial charge in [-0.15, -0.1) is 0 Å². The summed E-state index contributed by atoms with van der Waals surface area (Å²) in [7, 11) is 0. The Labute approximate surface area is 81.1 Å². The molecule has 0 radical (unpaired) electrons. The Kier molecular flexibility index (Phi) is 3.13. The fourth-order valence-electron chi connectivity index (χ4n) is 0.935. The van der Waals surface area contributed by atoms with Gasteiger partial charge in [0.2, 0.25) is 5.95 Å². The molecule has 0 aromatic carbocycles. The largest absolute Gasteiger partial charge is 0.384 e. The molecule has 0 atom stereocenters. The van der Waals surface area contributed by atoms with Crippen LogP contribution < -0.4 is 5.73 Å². The van der Waals surface area contributed by atoms with Crippen LogP contribution >= 0.6 is 15.9 Å². The van der Waals surface area contributed by atoms with Crippen molar-refractivity contribution in [1.82, 2.24) is 4.98 Å². The lowest BCUT2D eigenvalue weighted by molar-refractivity contribution is 0.144. The van der Waals surface area contributed by atoms with Gasteiger partial charge in [0.1, 0.15) is 5.82 Å². The molecule has 72 valence electrons. The molecular weight excluding hydrogens is 249 g/mol. The maximum atomic E-state index is 12.9. The summed E-state index contributed by atoms with van der Waals surface area (Å²) >= 11 is 2.96. The number of hydrogen-bond acceptors (Lipinski definition) is 2. The zero-order valence-corrected chi connectivity index (χ0v) is 7.98. The molecule has 2 nitrogen and oxygen atoms in total. The third-order valence-electron chi connectivity index (χ3n) is 1.48. The molecule has 0 bridgehead atoms. The number of nitrogens with zero attached hydrogens (tertiary/aromatic N) is 1. The maximum Gasteiger partial charge on any atom is 0.268 e. The van der Waals surface area contributed by atoms with Gasteiger partial charge in [-0.25, -0.2) is 13.8 Å². The van der Waals surface area contributed by atoms with Crippen LogP contribution in [-0.4, -0.2) is 4.98 Å². The van der Waals surface area contributed by atoms with E-state index in [0.717, 1.165) is 0 Å². The number of rotatable bonds is 2. The predicted octanol–water partition coefficient (Wildman–Crippen LogP) is 2.64. The van der Waals surface area contributed by atoms with Crippen molar-refractivity contribution >= 4 is 21.7 Å². The van der Waals surface area contributed by atoms with Crippen molar-refractivity contribution in [2.45, 2.75) is 11.8 Å². The summed E-state index contributed by atoms with van der Waals surface area (Å²) in [4.78, 5) is 3.11. The lowest BCUT2D eigenvalue weighted by Gasteiger charge is -2.07. The standard InChI is InChI=1S/C7H6BrF3N2/c8-2-3-1-4(12)13-7(11)5(3)6(9)10/h1,6H,2H2,(H2,12,13). The molecule has 0 aliphatic rings. The Morgan fingerprint density at radius 1 is 1.54 bits per heavy atom. The molecule has 0 amide bonds. The van der Waals surface area contributed by atoms with E-state index in [4.69, 9.17) is 5.73 Å². The van der Waals surface area contributed by atoms with E-state index in [1.54, 1.807) is 0 Å². The smallest absolute Gasteiger partial charge is 0.268 e. The van der Waals surface area contributed by atoms with Gasteiger partial charge in [0.25, 0.3) is 6.43 Å². The highest BCUT2D eigenvalue weighted by atomic mass is 79.9. The molecule has 0 unspecified atom stereocenters. The number of pyridine rings is 1. The highest BCUT2D eigenvalue weighted by molar-refractivity contribution is 9.08. The number of nitrogens with two attached hydrogens (primary N) is 1. The van der Waals surface area contributed by atoms with Crippen molar-refractivity contribution < 1.29 is 13.2 Å². The van der Waals surface area contributed by atoms with Crippen molar-refractivity contribution in [2.75, 3.05) is 5.73 Å². The van der Waals surface area contributed by atoms with E-state index in [0.29, 0.717) is 0 Å². The molecule has 1 aromatic rings.